The molecular weight excluding hydrogens is 1030 g/mol. The van der Waals surface area contributed by atoms with Crippen LogP contribution in [0.5, 0.6) is 0 Å². The summed E-state index contributed by atoms with van der Waals surface area (Å²) in [5, 5.41) is 32.5. The fourth-order valence-corrected chi connectivity index (χ4v) is 0. The summed E-state index contributed by atoms with van der Waals surface area (Å²) in [5.74, 6) is 0. The first kappa shape index (κ1) is 33.0. The van der Waals surface area contributed by atoms with Crippen LogP contribution in [0.2, 0.25) is 0 Å². The molecule has 0 unspecified atom stereocenters. The van der Waals surface area contributed by atoms with Crippen molar-refractivity contribution < 1.29 is 137 Å². The van der Waals surface area contributed by atoms with Crippen LogP contribution in [0.3, 0.4) is 0 Å². The zero-order valence-electron chi connectivity index (χ0n) is 8.82. The van der Waals surface area contributed by atoms with E-state index in [9.17, 15) is 0 Å². The smallest absolute Gasteiger partial charge is 0 e. The summed E-state index contributed by atoms with van der Waals surface area (Å²) in [6, 6.07) is 0. The molecule has 0 spiro atoms. The molecule has 0 aromatic rings. The largest absolute Gasteiger partial charge is 0 e. The minimum atomic E-state index is -0.838. The summed E-state index contributed by atoms with van der Waals surface area (Å²) in [7, 11) is 0. The van der Waals surface area contributed by atoms with Crippen LogP contribution in [0.15, 0.2) is 0 Å². The average molecular weight is 1030 g/mol. The normalized spacial score (nSPS) is 6.10. The molecule has 21 heteroatoms. The molecule has 0 aliphatic rings. The minimum Gasteiger partial charge on any atom is 0 e. The standard InChI is InChI=1S/4NO3.Ti.4W/c4*2-1(3)4;;;;;/q4*-1;;4*+1. The van der Waals surface area contributed by atoms with Crippen LogP contribution in [0.25, 0.3) is 0 Å². The van der Waals surface area contributed by atoms with Gasteiger partial charge in [0.25, 0.3) is 0 Å². The van der Waals surface area contributed by atoms with Crippen molar-refractivity contribution in [2.24, 2.45) is 0 Å². The Kier molecular flexibility index (Phi) is 44.7. The minimum absolute atomic E-state index is 0. The molecule has 0 N–H and O–H groups in total. The van der Waals surface area contributed by atoms with E-state index in [0.717, 1.165) is 0 Å². The fraction of sp³-hybridized carbons (Fsp3) is 0. The Labute approximate surface area is 175 Å². The zero-order valence-corrected chi connectivity index (χ0v) is 22.1. The summed E-state index contributed by atoms with van der Waals surface area (Å²) in [5.41, 5.74) is 0. The molecule has 0 rings (SSSR count). The van der Waals surface area contributed by atoms with Crippen molar-refractivity contribution in [3.63, 3.8) is 0 Å². The molecule has 0 aromatic carbocycles. The third-order valence-electron chi connectivity index (χ3n) is 0.243. The number of hydrogen-bond donors (Lipinski definition) is 0. The molecule has 0 amide bonds. The predicted octanol–water partition coefficient (Wildman–Crippen LogP) is -1.38. The van der Waals surface area contributed by atoms with Gasteiger partial charge in [0.05, 0.1) is 0 Å². The maximum Gasteiger partial charge on any atom is 0 e. The van der Waals surface area contributed by atoms with Crippen molar-refractivity contribution in [2.75, 3.05) is 0 Å². The van der Waals surface area contributed by atoms with Gasteiger partial charge in [-0.25, -0.2) is 0 Å². The summed E-state index contributed by atoms with van der Waals surface area (Å²) in [6.45, 7) is 0. The molecule has 0 aliphatic carbocycles. The van der Waals surface area contributed by atoms with Crippen LogP contribution in [0, 0.1) is 40.5 Å². The van der Waals surface area contributed by atoms with E-state index in [0.29, 0.717) is 80.8 Å². The Bertz CT molecular complexity index is 230. The van der Waals surface area contributed by atoms with Gasteiger partial charge in [0.1, 0.15) is 0 Å². The van der Waals surface area contributed by atoms with Gasteiger partial charge in [-0.05, 0) is 0 Å². The van der Waals surface area contributed by atoms with Crippen LogP contribution in [-0.2, 0) is 116 Å². The first-order valence-electron chi connectivity index (χ1n) is 2.86. The van der Waals surface area contributed by atoms with Crippen LogP contribution < -0.4 is 0 Å². The predicted molar refractivity (Wildman–Crippen MR) is 32.3 cm³/mol. The van der Waals surface area contributed by atoms with E-state index in [2.05, 4.69) is 14.0 Å². The molecule has 16 nitrogen and oxygen atoms in total. The van der Waals surface area contributed by atoms with Gasteiger partial charge in [0.2, 0.25) is 0 Å². The van der Waals surface area contributed by atoms with E-state index in [1.165, 1.54) is 0 Å². The van der Waals surface area contributed by atoms with Crippen molar-refractivity contribution in [1.82, 2.24) is 0 Å². The van der Waals surface area contributed by atoms with E-state index in [1.807, 2.05) is 0 Å². The van der Waals surface area contributed by atoms with Crippen LogP contribution in [-0.4, -0.2) is 20.3 Å². The van der Waals surface area contributed by atoms with Gasteiger partial charge in [-0.3, -0.25) is 0 Å². The molecule has 0 heterocycles. The van der Waals surface area contributed by atoms with Crippen LogP contribution in [0.4, 0.5) is 0 Å². The van der Waals surface area contributed by atoms with Gasteiger partial charge >= 0.3 is 156 Å². The Hall–Kier alpha value is 0.268. The SMILES string of the molecule is O=[N+]([O-])[O][W].O=[N+]([O-])[O][W].O=[N+]([O-])[O][W].O=[N+]([O-])[O][W].[Ti]. The van der Waals surface area contributed by atoms with Crippen molar-refractivity contribution in [3.8, 4) is 0 Å². The Morgan fingerprint density at radius 2 is 0.571 bits per heavy atom. The van der Waals surface area contributed by atoms with Crippen molar-refractivity contribution in [2.45, 2.75) is 0 Å². The number of nitrogens with zero attached hydrogens (tertiary/aromatic N) is 4. The second-order valence-electron chi connectivity index (χ2n) is 1.19. The van der Waals surface area contributed by atoms with Gasteiger partial charge in [-0.2, -0.15) is 0 Å². The van der Waals surface area contributed by atoms with E-state index in [4.69, 9.17) is 40.5 Å². The van der Waals surface area contributed by atoms with Gasteiger partial charge in [-0.1, -0.05) is 0 Å². The summed E-state index contributed by atoms with van der Waals surface area (Å²) in [6.07, 6.45) is 0. The quantitative estimate of drug-likeness (QED) is 0.182. The van der Waals surface area contributed by atoms with Gasteiger partial charge in [-0.15, -0.1) is 0 Å². The topological polar surface area (TPSA) is 209 Å². The molecule has 0 saturated heterocycles. The molecule has 21 heavy (non-hydrogen) atoms. The summed E-state index contributed by atoms with van der Waals surface area (Å²) in [4.78, 5) is 35.9. The van der Waals surface area contributed by atoms with Gasteiger partial charge in [0.15, 0.2) is 0 Å². The first-order chi connectivity index (χ1) is 9.08. The second kappa shape index (κ2) is 28.4. The summed E-state index contributed by atoms with van der Waals surface area (Å²) >= 11 is 2.02. The molecule has 0 aliphatic heterocycles. The Morgan fingerprint density at radius 1 is 0.524 bits per heavy atom. The van der Waals surface area contributed by atoms with E-state index in [-0.39, 0.29) is 21.7 Å². The van der Waals surface area contributed by atoms with Gasteiger partial charge in [0, 0.05) is 21.7 Å². The molecule has 0 saturated carbocycles. The molecule has 0 bridgehead atoms. The number of hydrogen-bond acceptors (Lipinski definition) is 12. The Balaban J connectivity index is -0.0000000533. The second-order valence-corrected chi connectivity index (χ2v) is 3.33. The fourth-order valence-electron chi connectivity index (χ4n) is 0. The van der Waals surface area contributed by atoms with Crippen molar-refractivity contribution in [3.05, 3.63) is 40.5 Å². The number of rotatable bonds is 4. The zero-order chi connectivity index (χ0) is 17.1. The molecule has 0 aromatic heterocycles. The monoisotopic (exact) mass is 1030 g/mol. The summed E-state index contributed by atoms with van der Waals surface area (Å²) < 4.78 is 14.2. The third-order valence-corrected chi connectivity index (χ3v) is 1.99. The third kappa shape index (κ3) is 98.9. The van der Waals surface area contributed by atoms with E-state index >= 15 is 0 Å². The van der Waals surface area contributed by atoms with E-state index in [1.54, 1.807) is 0 Å². The van der Waals surface area contributed by atoms with E-state index < -0.39 is 20.3 Å². The molecule has 120 valence electrons. The van der Waals surface area contributed by atoms with Crippen molar-refractivity contribution in [1.29, 1.82) is 0 Å². The maximum absolute atomic E-state index is 8.97. The van der Waals surface area contributed by atoms with Crippen LogP contribution in [0.1, 0.15) is 0 Å². The van der Waals surface area contributed by atoms with Crippen LogP contribution >= 0.6 is 0 Å². The maximum atomic E-state index is 8.97. The molecule has 0 atom stereocenters. The average Bonchev–Trinajstić information content (AvgIpc) is 2.40. The van der Waals surface area contributed by atoms with Gasteiger partial charge < -0.3 is 0 Å². The molecule has 0 fully saturated rings. The Morgan fingerprint density at radius 3 is 0.571 bits per heavy atom. The molecular formula is N4O12TiW4. The first-order valence-corrected chi connectivity index (χ1v) is 7.65. The molecule has 0 radical (unpaired) electrons. The van der Waals surface area contributed by atoms with Crippen molar-refractivity contribution >= 4 is 0 Å².